The first-order valence-electron chi connectivity index (χ1n) is 6.32. The number of aldehydes is 1. The minimum absolute atomic E-state index is 0.602. The second kappa shape index (κ2) is 6.31. The third-order valence-electron chi connectivity index (χ3n) is 2.67. The maximum atomic E-state index is 11.9. The number of carbonyl (C=O) groups excluding carboxylic acids is 2. The smallest absolute Gasteiger partial charge is 0.408 e. The molecule has 0 bridgehead atoms. The lowest BCUT2D eigenvalue weighted by molar-refractivity contribution is -0.113. The monoisotopic (exact) mass is 295 g/mol. The molecule has 1 amide bonds. The van der Waals surface area contributed by atoms with Gasteiger partial charge in [0.1, 0.15) is 17.4 Å². The molecule has 0 aliphatic heterocycles. The van der Waals surface area contributed by atoms with Crippen LogP contribution < -0.4 is 5.32 Å². The van der Waals surface area contributed by atoms with Crippen molar-refractivity contribution in [3.63, 3.8) is 0 Å². The standard InChI is InChI=1S/C15H21NO3S/c1-14(2,3)19-13(18)16-15(4,10-17)11-7-6-8-12(9-11)20-5/h6-10H,1-5H3,(H,16,18). The molecule has 0 heterocycles. The number of rotatable bonds is 4. The lowest BCUT2D eigenvalue weighted by Gasteiger charge is -2.28. The number of hydrogen-bond donors (Lipinski definition) is 1. The Labute approximate surface area is 124 Å². The van der Waals surface area contributed by atoms with E-state index in [0.29, 0.717) is 0 Å². The highest BCUT2D eigenvalue weighted by Gasteiger charge is 2.30. The van der Waals surface area contributed by atoms with Crippen LogP contribution in [0, 0.1) is 0 Å². The predicted octanol–water partition coefficient (Wildman–Crippen LogP) is 3.35. The van der Waals surface area contributed by atoms with Crippen molar-refractivity contribution < 1.29 is 14.3 Å². The third-order valence-corrected chi connectivity index (χ3v) is 3.39. The van der Waals surface area contributed by atoms with Gasteiger partial charge in [-0.1, -0.05) is 12.1 Å². The van der Waals surface area contributed by atoms with Crippen LogP contribution in [0.1, 0.15) is 33.3 Å². The van der Waals surface area contributed by atoms with Gasteiger partial charge in [-0.3, -0.25) is 0 Å². The first kappa shape index (κ1) is 16.6. The summed E-state index contributed by atoms with van der Waals surface area (Å²) >= 11 is 1.58. The average Bonchev–Trinajstić information content (AvgIpc) is 2.36. The number of hydrogen-bond acceptors (Lipinski definition) is 4. The van der Waals surface area contributed by atoms with Gasteiger partial charge >= 0.3 is 6.09 Å². The van der Waals surface area contributed by atoms with Crippen LogP contribution in [0.3, 0.4) is 0 Å². The highest BCUT2D eigenvalue weighted by molar-refractivity contribution is 7.98. The second-order valence-electron chi connectivity index (χ2n) is 5.68. The molecule has 1 N–H and O–H groups in total. The summed E-state index contributed by atoms with van der Waals surface area (Å²) < 4.78 is 5.20. The Bertz CT molecular complexity index is 496. The topological polar surface area (TPSA) is 55.4 Å². The molecule has 0 saturated heterocycles. The molecular formula is C15H21NO3S. The Balaban J connectivity index is 2.96. The molecule has 0 radical (unpaired) electrons. The van der Waals surface area contributed by atoms with Gasteiger partial charge in [0.2, 0.25) is 0 Å². The molecule has 1 aromatic carbocycles. The molecule has 20 heavy (non-hydrogen) atoms. The summed E-state index contributed by atoms with van der Waals surface area (Å²) in [4.78, 5) is 24.3. The first-order chi connectivity index (χ1) is 9.20. The minimum atomic E-state index is -1.10. The van der Waals surface area contributed by atoms with E-state index in [1.807, 2.05) is 30.5 Å². The van der Waals surface area contributed by atoms with E-state index in [-0.39, 0.29) is 0 Å². The fourth-order valence-electron chi connectivity index (χ4n) is 1.63. The normalized spacial score (nSPS) is 14.2. The van der Waals surface area contributed by atoms with Crippen molar-refractivity contribution in [2.75, 3.05) is 6.26 Å². The quantitative estimate of drug-likeness (QED) is 0.683. The van der Waals surface area contributed by atoms with E-state index >= 15 is 0 Å². The maximum absolute atomic E-state index is 11.9. The third kappa shape index (κ3) is 4.56. The van der Waals surface area contributed by atoms with Crippen molar-refractivity contribution in [3.8, 4) is 0 Å². The zero-order chi connectivity index (χ0) is 15.4. The molecule has 0 fully saturated rings. The number of ether oxygens (including phenoxy) is 1. The molecule has 4 nitrogen and oxygen atoms in total. The van der Waals surface area contributed by atoms with Crippen molar-refractivity contribution in [2.45, 2.75) is 43.7 Å². The zero-order valence-electron chi connectivity index (χ0n) is 12.5. The highest BCUT2D eigenvalue weighted by Crippen LogP contribution is 2.24. The molecular weight excluding hydrogens is 274 g/mol. The summed E-state index contributed by atoms with van der Waals surface area (Å²) in [6.45, 7) is 6.99. The van der Waals surface area contributed by atoms with Crippen LogP contribution in [0.5, 0.6) is 0 Å². The van der Waals surface area contributed by atoms with E-state index in [1.54, 1.807) is 39.5 Å². The SMILES string of the molecule is CSc1cccc(C(C)(C=O)NC(=O)OC(C)(C)C)c1. The molecule has 0 aromatic heterocycles. The minimum Gasteiger partial charge on any atom is -0.444 e. The van der Waals surface area contributed by atoms with Crippen LogP contribution in [0.25, 0.3) is 0 Å². The van der Waals surface area contributed by atoms with Crippen molar-refractivity contribution in [3.05, 3.63) is 29.8 Å². The molecule has 1 rings (SSSR count). The Morgan fingerprint density at radius 1 is 1.30 bits per heavy atom. The van der Waals surface area contributed by atoms with Crippen molar-refractivity contribution in [1.82, 2.24) is 5.32 Å². The zero-order valence-corrected chi connectivity index (χ0v) is 13.3. The van der Waals surface area contributed by atoms with Gasteiger partial charge in [0.25, 0.3) is 0 Å². The summed E-state index contributed by atoms with van der Waals surface area (Å²) in [5, 5.41) is 2.63. The molecule has 0 aliphatic rings. The maximum Gasteiger partial charge on any atom is 0.408 e. The van der Waals surface area contributed by atoms with Crippen LogP contribution in [0.15, 0.2) is 29.2 Å². The fourth-order valence-corrected chi connectivity index (χ4v) is 2.09. The lowest BCUT2D eigenvalue weighted by Crippen LogP contribution is -2.46. The van der Waals surface area contributed by atoms with E-state index in [0.717, 1.165) is 16.7 Å². The summed E-state index contributed by atoms with van der Waals surface area (Å²) in [6, 6.07) is 7.51. The fraction of sp³-hybridized carbons (Fsp3) is 0.467. The van der Waals surface area contributed by atoms with Crippen LogP contribution in [-0.2, 0) is 15.1 Å². The van der Waals surface area contributed by atoms with Crippen LogP contribution >= 0.6 is 11.8 Å². The molecule has 0 spiro atoms. The molecule has 1 unspecified atom stereocenters. The van der Waals surface area contributed by atoms with Crippen molar-refractivity contribution in [1.29, 1.82) is 0 Å². The van der Waals surface area contributed by atoms with Gasteiger partial charge in [-0.15, -0.1) is 11.8 Å². The summed E-state index contributed by atoms with van der Waals surface area (Å²) in [7, 11) is 0. The van der Waals surface area contributed by atoms with E-state index in [9.17, 15) is 9.59 Å². The Hall–Kier alpha value is -1.49. The molecule has 1 aromatic rings. The average molecular weight is 295 g/mol. The summed E-state index contributed by atoms with van der Waals surface area (Å²) in [5.41, 5.74) is -0.978. The summed E-state index contributed by atoms with van der Waals surface area (Å²) in [5.74, 6) is 0. The number of amides is 1. The number of carbonyl (C=O) groups is 2. The number of alkyl carbamates (subject to hydrolysis) is 1. The number of nitrogens with one attached hydrogen (secondary N) is 1. The van der Waals surface area contributed by atoms with Gasteiger partial charge in [0.15, 0.2) is 0 Å². The van der Waals surface area contributed by atoms with Crippen molar-refractivity contribution >= 4 is 24.1 Å². The van der Waals surface area contributed by atoms with Gasteiger partial charge in [0, 0.05) is 4.90 Å². The number of thioether (sulfide) groups is 1. The van der Waals surface area contributed by atoms with E-state index in [1.165, 1.54) is 0 Å². The Kier molecular flexibility index (Phi) is 5.22. The van der Waals surface area contributed by atoms with Crippen LogP contribution in [0.2, 0.25) is 0 Å². The van der Waals surface area contributed by atoms with Gasteiger partial charge in [-0.05, 0) is 51.6 Å². The van der Waals surface area contributed by atoms with E-state index < -0.39 is 17.2 Å². The first-order valence-corrected chi connectivity index (χ1v) is 7.55. The summed E-state index contributed by atoms with van der Waals surface area (Å²) in [6.07, 6.45) is 2.07. The molecule has 1 atom stereocenters. The van der Waals surface area contributed by atoms with Gasteiger partial charge in [0.05, 0.1) is 0 Å². The van der Waals surface area contributed by atoms with Crippen LogP contribution in [-0.4, -0.2) is 24.2 Å². The van der Waals surface area contributed by atoms with Gasteiger partial charge in [-0.25, -0.2) is 4.79 Å². The largest absolute Gasteiger partial charge is 0.444 e. The molecule has 110 valence electrons. The Morgan fingerprint density at radius 2 is 1.95 bits per heavy atom. The van der Waals surface area contributed by atoms with Crippen LogP contribution in [0.4, 0.5) is 4.79 Å². The molecule has 0 saturated carbocycles. The lowest BCUT2D eigenvalue weighted by atomic mass is 9.94. The highest BCUT2D eigenvalue weighted by atomic mass is 32.2. The van der Waals surface area contributed by atoms with Gasteiger partial charge in [-0.2, -0.15) is 0 Å². The molecule has 5 heteroatoms. The second-order valence-corrected chi connectivity index (χ2v) is 6.56. The van der Waals surface area contributed by atoms with Gasteiger partial charge < -0.3 is 14.8 Å². The number of benzene rings is 1. The van der Waals surface area contributed by atoms with Crippen molar-refractivity contribution in [2.24, 2.45) is 0 Å². The van der Waals surface area contributed by atoms with E-state index in [4.69, 9.17) is 4.74 Å². The Morgan fingerprint density at radius 3 is 2.45 bits per heavy atom. The molecule has 0 aliphatic carbocycles. The van der Waals surface area contributed by atoms with E-state index in [2.05, 4.69) is 5.32 Å². The predicted molar refractivity (Wildman–Crippen MR) is 81.0 cm³/mol.